The van der Waals surface area contributed by atoms with Gasteiger partial charge in [-0.1, -0.05) is 51.0 Å². The van der Waals surface area contributed by atoms with Crippen molar-refractivity contribution in [3.05, 3.63) is 63.3 Å². The Balaban J connectivity index is 1.78. The minimum Gasteiger partial charge on any atom is -0.296 e. The fourth-order valence-electron chi connectivity index (χ4n) is 1.94. The van der Waals surface area contributed by atoms with Crippen molar-refractivity contribution in [1.82, 2.24) is 10.2 Å². The highest BCUT2D eigenvalue weighted by atomic mass is 79.9. The van der Waals surface area contributed by atoms with E-state index in [1.54, 1.807) is 18.2 Å². The molecule has 1 amide bonds. The van der Waals surface area contributed by atoms with Crippen LogP contribution in [0.1, 0.15) is 10.4 Å². The second-order valence-electron chi connectivity index (χ2n) is 5.04. The van der Waals surface area contributed by atoms with E-state index in [9.17, 15) is 17.6 Å². The fraction of sp³-hybridized carbons (Fsp3) is 0. The molecule has 12 heteroatoms. The van der Waals surface area contributed by atoms with Crippen molar-refractivity contribution in [3.63, 3.8) is 0 Å². The van der Waals surface area contributed by atoms with Gasteiger partial charge in [-0.15, -0.1) is 10.2 Å². The molecule has 1 heterocycles. The van der Waals surface area contributed by atoms with Crippen LogP contribution in [0.15, 0.2) is 51.3 Å². The number of benzene rings is 2. The van der Waals surface area contributed by atoms with E-state index in [1.165, 1.54) is 18.2 Å². The average molecular weight is 492 g/mol. The summed E-state index contributed by atoms with van der Waals surface area (Å²) in [5, 5.41) is 9.78. The van der Waals surface area contributed by atoms with Gasteiger partial charge in [0.05, 0.1) is 16.3 Å². The second-order valence-corrected chi connectivity index (χ2v) is 9.19. The molecule has 0 spiro atoms. The molecule has 0 fully saturated rings. The van der Waals surface area contributed by atoms with E-state index in [1.807, 2.05) is 0 Å². The summed E-state index contributed by atoms with van der Waals surface area (Å²) in [7, 11) is -4.17. The minimum atomic E-state index is -4.17. The lowest BCUT2D eigenvalue weighted by Gasteiger charge is -2.06. The zero-order chi connectivity index (χ0) is 19.6. The Morgan fingerprint density at radius 1 is 1.19 bits per heavy atom. The fourth-order valence-corrected chi connectivity index (χ4v) is 4.46. The van der Waals surface area contributed by atoms with Gasteiger partial charge in [0, 0.05) is 4.47 Å². The predicted octanol–water partition coefficient (Wildman–Crippen LogP) is 4.15. The van der Waals surface area contributed by atoms with Crippen molar-refractivity contribution in [1.29, 1.82) is 0 Å². The number of sulfonamides is 1. The third-order valence-electron chi connectivity index (χ3n) is 3.15. The van der Waals surface area contributed by atoms with E-state index in [4.69, 9.17) is 11.6 Å². The monoisotopic (exact) mass is 490 g/mol. The molecule has 0 aliphatic heterocycles. The molecule has 1 aromatic heterocycles. The smallest absolute Gasteiger partial charge is 0.291 e. The van der Waals surface area contributed by atoms with Crippen molar-refractivity contribution in [2.75, 3.05) is 10.0 Å². The maximum absolute atomic E-state index is 13.8. The van der Waals surface area contributed by atoms with E-state index in [-0.39, 0.29) is 21.4 Å². The standard InChI is InChI=1S/C15H9BrClFN4O3S2/c16-8-5-6-12(11(18)7-8)22-27(24,25)15-21-20-14(26-15)19-13(23)9-3-1-2-4-10(9)17/h1-7,22H,(H,19,20,23). The topological polar surface area (TPSA) is 101 Å². The lowest BCUT2D eigenvalue weighted by molar-refractivity contribution is 0.102. The normalized spacial score (nSPS) is 11.2. The minimum absolute atomic E-state index is 0.0448. The van der Waals surface area contributed by atoms with Gasteiger partial charge in [-0.2, -0.15) is 8.42 Å². The summed E-state index contributed by atoms with van der Waals surface area (Å²) < 4.78 is 40.7. The van der Waals surface area contributed by atoms with Gasteiger partial charge in [0.15, 0.2) is 0 Å². The van der Waals surface area contributed by atoms with Crippen LogP contribution in [0.5, 0.6) is 0 Å². The first-order valence-electron chi connectivity index (χ1n) is 7.13. The van der Waals surface area contributed by atoms with Crippen molar-refractivity contribution in [3.8, 4) is 0 Å². The summed E-state index contributed by atoms with van der Waals surface area (Å²) in [4.78, 5) is 12.2. The van der Waals surface area contributed by atoms with Gasteiger partial charge >= 0.3 is 0 Å². The van der Waals surface area contributed by atoms with Crippen LogP contribution in [0.25, 0.3) is 0 Å². The number of halogens is 3. The van der Waals surface area contributed by atoms with Crippen LogP contribution >= 0.6 is 38.9 Å². The average Bonchev–Trinajstić information content (AvgIpc) is 3.07. The molecule has 0 saturated heterocycles. The SMILES string of the molecule is O=C(Nc1nnc(S(=O)(=O)Nc2ccc(Br)cc2F)s1)c1ccccc1Cl. The van der Waals surface area contributed by atoms with Crippen molar-refractivity contribution in [2.24, 2.45) is 0 Å². The molecule has 0 atom stereocenters. The number of nitrogens with zero attached hydrogens (tertiary/aromatic N) is 2. The molecular formula is C15H9BrClFN4O3S2. The molecule has 0 unspecified atom stereocenters. The summed E-state index contributed by atoms with van der Waals surface area (Å²) in [6.45, 7) is 0. The maximum Gasteiger partial charge on any atom is 0.291 e. The second kappa shape index (κ2) is 7.89. The number of rotatable bonds is 5. The van der Waals surface area contributed by atoms with E-state index in [0.29, 0.717) is 15.8 Å². The molecule has 0 bridgehead atoms. The Morgan fingerprint density at radius 3 is 2.63 bits per heavy atom. The molecule has 27 heavy (non-hydrogen) atoms. The van der Waals surface area contributed by atoms with Crippen LogP contribution in [-0.2, 0) is 10.0 Å². The molecule has 140 valence electrons. The zero-order valence-electron chi connectivity index (χ0n) is 13.1. The van der Waals surface area contributed by atoms with E-state index >= 15 is 0 Å². The van der Waals surface area contributed by atoms with E-state index in [0.717, 1.165) is 6.07 Å². The highest BCUT2D eigenvalue weighted by Gasteiger charge is 2.23. The van der Waals surface area contributed by atoms with Crippen LogP contribution in [0, 0.1) is 5.82 Å². The highest BCUT2D eigenvalue weighted by molar-refractivity contribution is 9.10. The molecule has 3 aromatic rings. The van der Waals surface area contributed by atoms with Gasteiger partial charge in [-0.3, -0.25) is 14.8 Å². The number of carbonyl (C=O) groups is 1. The lowest BCUT2D eigenvalue weighted by atomic mass is 10.2. The number of hydrogen-bond donors (Lipinski definition) is 2. The van der Waals surface area contributed by atoms with Crippen molar-refractivity contribution < 1.29 is 17.6 Å². The zero-order valence-corrected chi connectivity index (χ0v) is 17.1. The molecule has 0 saturated carbocycles. The van der Waals surface area contributed by atoms with Crippen LogP contribution < -0.4 is 10.0 Å². The first-order valence-corrected chi connectivity index (χ1v) is 10.6. The van der Waals surface area contributed by atoms with Crippen LogP contribution in [0.3, 0.4) is 0 Å². The molecular weight excluding hydrogens is 483 g/mol. The van der Waals surface area contributed by atoms with Gasteiger partial charge in [-0.05, 0) is 30.3 Å². The predicted molar refractivity (Wildman–Crippen MR) is 104 cm³/mol. The molecule has 2 aromatic carbocycles. The van der Waals surface area contributed by atoms with E-state index < -0.39 is 26.1 Å². The van der Waals surface area contributed by atoms with Crippen LogP contribution in [-0.4, -0.2) is 24.5 Å². The van der Waals surface area contributed by atoms with Crippen molar-refractivity contribution >= 4 is 65.6 Å². The van der Waals surface area contributed by atoms with Gasteiger partial charge < -0.3 is 0 Å². The van der Waals surface area contributed by atoms with E-state index in [2.05, 4.69) is 36.2 Å². The van der Waals surface area contributed by atoms with Gasteiger partial charge in [0.25, 0.3) is 20.3 Å². The first kappa shape index (κ1) is 19.7. The molecule has 0 aliphatic rings. The Kier molecular flexibility index (Phi) is 5.75. The summed E-state index contributed by atoms with van der Waals surface area (Å²) in [6, 6.07) is 10.2. The lowest BCUT2D eigenvalue weighted by Crippen LogP contribution is -2.13. The number of anilines is 2. The highest BCUT2D eigenvalue weighted by Crippen LogP contribution is 2.26. The van der Waals surface area contributed by atoms with Crippen LogP contribution in [0.4, 0.5) is 15.2 Å². The summed E-state index contributed by atoms with van der Waals surface area (Å²) in [5.74, 6) is -1.32. The van der Waals surface area contributed by atoms with Gasteiger partial charge in [0.1, 0.15) is 5.82 Å². The molecule has 0 aliphatic carbocycles. The van der Waals surface area contributed by atoms with Gasteiger partial charge in [0.2, 0.25) is 5.13 Å². The Hall–Kier alpha value is -2.08. The third-order valence-corrected chi connectivity index (χ3v) is 6.55. The van der Waals surface area contributed by atoms with Crippen LogP contribution in [0.2, 0.25) is 5.02 Å². The largest absolute Gasteiger partial charge is 0.296 e. The Labute approximate surface area is 170 Å². The Morgan fingerprint density at radius 2 is 1.93 bits per heavy atom. The third kappa shape index (κ3) is 4.61. The number of amides is 1. The maximum atomic E-state index is 13.8. The number of carbonyl (C=O) groups excluding carboxylic acids is 1. The summed E-state index contributed by atoms with van der Waals surface area (Å²) >= 11 is 9.64. The first-order chi connectivity index (χ1) is 12.8. The Bertz CT molecular complexity index is 1120. The number of hydrogen-bond acceptors (Lipinski definition) is 6. The number of aromatic nitrogens is 2. The van der Waals surface area contributed by atoms with Gasteiger partial charge in [-0.25, -0.2) is 4.39 Å². The van der Waals surface area contributed by atoms with Crippen molar-refractivity contribution in [2.45, 2.75) is 4.34 Å². The summed E-state index contributed by atoms with van der Waals surface area (Å²) in [5.41, 5.74) is -0.0381. The quantitative estimate of drug-likeness (QED) is 0.522. The molecule has 0 radical (unpaired) electrons. The molecule has 3 rings (SSSR count). The molecule has 2 N–H and O–H groups in total. The number of nitrogens with one attached hydrogen (secondary N) is 2. The summed E-state index contributed by atoms with van der Waals surface area (Å²) in [6.07, 6.45) is 0. The molecule has 7 nitrogen and oxygen atoms in total.